The van der Waals surface area contributed by atoms with Crippen LogP contribution in [0.15, 0.2) is 47.4 Å². The Morgan fingerprint density at radius 2 is 2.00 bits per heavy atom. The van der Waals surface area contributed by atoms with Gasteiger partial charge in [-0.05, 0) is 31.3 Å². The van der Waals surface area contributed by atoms with E-state index in [9.17, 15) is 9.59 Å². The van der Waals surface area contributed by atoms with E-state index in [0.29, 0.717) is 12.1 Å². The number of terminal acetylenes is 1. The molecule has 5 nitrogen and oxygen atoms in total. The predicted molar refractivity (Wildman–Crippen MR) is 94.8 cm³/mol. The third-order valence-electron chi connectivity index (χ3n) is 3.44. The number of aromatic nitrogens is 1. The predicted octanol–water partition coefficient (Wildman–Crippen LogP) is 1.32. The molecular formula is C19H21N3O2. The molecule has 0 atom stereocenters. The number of carbonyl (C=O) groups excluding carboxylic acids is 1. The fraction of sp³-hybridized carbons (Fsp3) is 0.263. The Morgan fingerprint density at radius 1 is 1.25 bits per heavy atom. The van der Waals surface area contributed by atoms with Crippen LogP contribution in [0.4, 0.5) is 0 Å². The molecule has 1 aromatic heterocycles. The van der Waals surface area contributed by atoms with Gasteiger partial charge in [0.15, 0.2) is 0 Å². The molecule has 5 heteroatoms. The number of carbonyl (C=O) groups is 1. The number of nitrogens with zero attached hydrogens (tertiary/aromatic N) is 2. The molecule has 0 fully saturated rings. The van der Waals surface area contributed by atoms with Gasteiger partial charge in [0.2, 0.25) is 0 Å². The molecule has 0 aliphatic carbocycles. The van der Waals surface area contributed by atoms with E-state index in [0.717, 1.165) is 12.1 Å². The van der Waals surface area contributed by atoms with Crippen molar-refractivity contribution < 1.29 is 4.79 Å². The average Bonchev–Trinajstić information content (AvgIpc) is 2.54. The summed E-state index contributed by atoms with van der Waals surface area (Å²) in [6.45, 7) is 1.40. The van der Waals surface area contributed by atoms with Crippen molar-refractivity contribution in [1.82, 2.24) is 14.8 Å². The first-order chi connectivity index (χ1) is 11.5. The molecule has 1 N–H and O–H groups in total. The maximum atomic E-state index is 12.1. The van der Waals surface area contributed by atoms with Crippen molar-refractivity contribution in [2.75, 3.05) is 20.6 Å². The van der Waals surface area contributed by atoms with Gasteiger partial charge in [-0.1, -0.05) is 30.2 Å². The molecule has 0 radical (unpaired) electrons. The number of hydrogen-bond donors (Lipinski definition) is 1. The molecule has 0 saturated carbocycles. The molecule has 2 aromatic rings. The van der Waals surface area contributed by atoms with Gasteiger partial charge in [-0.25, -0.2) is 0 Å². The second kappa shape index (κ2) is 8.14. The first kappa shape index (κ1) is 17.5. The van der Waals surface area contributed by atoms with E-state index in [1.165, 1.54) is 22.3 Å². The van der Waals surface area contributed by atoms with Gasteiger partial charge < -0.3 is 14.8 Å². The van der Waals surface area contributed by atoms with E-state index in [2.05, 4.69) is 28.3 Å². The van der Waals surface area contributed by atoms with Gasteiger partial charge in [0, 0.05) is 18.8 Å². The van der Waals surface area contributed by atoms with E-state index in [1.807, 2.05) is 26.2 Å². The zero-order valence-electron chi connectivity index (χ0n) is 14.0. The Hall–Kier alpha value is -2.84. The van der Waals surface area contributed by atoms with Crippen LogP contribution in [0.2, 0.25) is 0 Å². The van der Waals surface area contributed by atoms with Crippen LogP contribution in [0.5, 0.6) is 0 Å². The van der Waals surface area contributed by atoms with Crippen molar-refractivity contribution in [1.29, 1.82) is 0 Å². The fourth-order valence-electron chi connectivity index (χ4n) is 2.41. The molecule has 0 saturated heterocycles. The van der Waals surface area contributed by atoms with E-state index in [4.69, 9.17) is 6.42 Å². The van der Waals surface area contributed by atoms with Crippen LogP contribution in [-0.4, -0.2) is 36.0 Å². The summed E-state index contributed by atoms with van der Waals surface area (Å²) in [6.07, 6.45) is 6.70. The summed E-state index contributed by atoms with van der Waals surface area (Å²) in [5.41, 5.74) is 2.45. The Bertz CT molecular complexity index is 816. The Kier molecular flexibility index (Phi) is 5.94. The number of pyridine rings is 1. The Balaban J connectivity index is 2.22. The largest absolute Gasteiger partial charge is 0.341 e. The number of amides is 1. The zero-order valence-corrected chi connectivity index (χ0v) is 14.0. The maximum Gasteiger partial charge on any atom is 0.253 e. The Labute approximate surface area is 141 Å². The van der Waals surface area contributed by atoms with Crippen molar-refractivity contribution >= 4 is 5.91 Å². The van der Waals surface area contributed by atoms with E-state index in [-0.39, 0.29) is 18.0 Å². The summed E-state index contributed by atoms with van der Waals surface area (Å²) >= 11 is 0. The smallest absolute Gasteiger partial charge is 0.253 e. The maximum absolute atomic E-state index is 12.1. The van der Waals surface area contributed by atoms with Gasteiger partial charge in [0.1, 0.15) is 0 Å². The minimum atomic E-state index is -0.289. The van der Waals surface area contributed by atoms with Crippen molar-refractivity contribution in [3.63, 3.8) is 0 Å². The molecule has 24 heavy (non-hydrogen) atoms. The molecule has 1 amide bonds. The highest BCUT2D eigenvalue weighted by Crippen LogP contribution is 2.09. The van der Waals surface area contributed by atoms with E-state index < -0.39 is 0 Å². The topological polar surface area (TPSA) is 54.3 Å². The summed E-state index contributed by atoms with van der Waals surface area (Å²) in [4.78, 5) is 26.1. The molecule has 0 spiro atoms. The highest BCUT2D eigenvalue weighted by atomic mass is 16.2. The first-order valence-corrected chi connectivity index (χ1v) is 7.64. The molecule has 1 heterocycles. The highest BCUT2D eigenvalue weighted by Gasteiger charge is 2.07. The monoisotopic (exact) mass is 323 g/mol. The van der Waals surface area contributed by atoms with Crippen LogP contribution in [0.3, 0.4) is 0 Å². The van der Waals surface area contributed by atoms with Gasteiger partial charge in [-0.3, -0.25) is 9.59 Å². The van der Waals surface area contributed by atoms with E-state index >= 15 is 0 Å². The van der Waals surface area contributed by atoms with Gasteiger partial charge in [0.25, 0.3) is 11.5 Å². The Morgan fingerprint density at radius 3 is 2.71 bits per heavy atom. The molecular weight excluding hydrogens is 302 g/mol. The lowest BCUT2D eigenvalue weighted by Crippen LogP contribution is -2.27. The van der Waals surface area contributed by atoms with E-state index in [1.54, 1.807) is 6.20 Å². The van der Waals surface area contributed by atoms with Crippen LogP contribution in [0.1, 0.15) is 21.5 Å². The summed E-state index contributed by atoms with van der Waals surface area (Å²) in [5, 5.41) is 2.59. The lowest BCUT2D eigenvalue weighted by molar-refractivity contribution is 0.0958. The molecule has 0 bridgehead atoms. The average molecular weight is 323 g/mol. The number of hydrogen-bond acceptors (Lipinski definition) is 3. The lowest BCUT2D eigenvalue weighted by Gasteiger charge is -2.12. The molecule has 1 aromatic carbocycles. The normalized spacial score (nSPS) is 10.4. The highest BCUT2D eigenvalue weighted by molar-refractivity contribution is 5.93. The molecule has 0 unspecified atom stereocenters. The first-order valence-electron chi connectivity index (χ1n) is 7.64. The standard InChI is InChI=1S/C19H21N3O2/c1-4-10-20-19(24)17-8-9-18(23)22(14-17)13-16-7-5-6-15(11-16)12-21(2)3/h1,5-9,11,14H,10,12-13H2,2-3H3,(H,20,24). The summed E-state index contributed by atoms with van der Waals surface area (Å²) in [7, 11) is 4.02. The number of benzene rings is 1. The van der Waals surface area contributed by atoms with Gasteiger partial charge in [-0.15, -0.1) is 6.42 Å². The van der Waals surface area contributed by atoms with Crippen LogP contribution < -0.4 is 10.9 Å². The molecule has 0 aliphatic rings. The quantitative estimate of drug-likeness (QED) is 0.816. The minimum absolute atomic E-state index is 0.151. The zero-order chi connectivity index (χ0) is 17.5. The van der Waals surface area contributed by atoms with Crippen molar-refractivity contribution in [3.05, 3.63) is 69.6 Å². The third kappa shape index (κ3) is 4.83. The second-order valence-corrected chi connectivity index (χ2v) is 5.83. The molecule has 2 rings (SSSR count). The lowest BCUT2D eigenvalue weighted by atomic mass is 10.1. The molecule has 0 aliphatic heterocycles. The van der Waals surface area contributed by atoms with Crippen LogP contribution in [0, 0.1) is 12.3 Å². The summed E-state index contributed by atoms with van der Waals surface area (Å²) in [5.74, 6) is 2.06. The van der Waals surface area contributed by atoms with Gasteiger partial charge >= 0.3 is 0 Å². The van der Waals surface area contributed by atoms with Gasteiger partial charge in [0.05, 0.1) is 18.7 Å². The number of nitrogens with one attached hydrogen (secondary N) is 1. The SMILES string of the molecule is C#CCNC(=O)c1ccc(=O)n(Cc2cccc(CN(C)C)c2)c1. The summed E-state index contributed by atoms with van der Waals surface area (Å²) in [6, 6.07) is 11.0. The van der Waals surface area contributed by atoms with Crippen molar-refractivity contribution in [3.8, 4) is 12.3 Å². The number of rotatable bonds is 6. The van der Waals surface area contributed by atoms with Crippen molar-refractivity contribution in [2.45, 2.75) is 13.1 Å². The minimum Gasteiger partial charge on any atom is -0.341 e. The van der Waals surface area contributed by atoms with Crippen LogP contribution in [0.25, 0.3) is 0 Å². The fourth-order valence-corrected chi connectivity index (χ4v) is 2.41. The summed E-state index contributed by atoms with van der Waals surface area (Å²) < 4.78 is 1.53. The second-order valence-electron chi connectivity index (χ2n) is 5.83. The molecule has 124 valence electrons. The van der Waals surface area contributed by atoms with Crippen molar-refractivity contribution in [2.24, 2.45) is 0 Å². The van der Waals surface area contributed by atoms with Crippen LogP contribution in [-0.2, 0) is 13.1 Å². The van der Waals surface area contributed by atoms with Crippen LogP contribution >= 0.6 is 0 Å². The third-order valence-corrected chi connectivity index (χ3v) is 3.44. The van der Waals surface area contributed by atoms with Gasteiger partial charge in [-0.2, -0.15) is 0 Å².